The average molecular weight is 367 g/mol. The average Bonchev–Trinajstić information content (AvgIpc) is 2.65. The van der Waals surface area contributed by atoms with Crippen LogP contribution in [0, 0.1) is 11.6 Å². The number of halogens is 2. The smallest absolute Gasteiger partial charge is 0.257 e. The summed E-state index contributed by atoms with van der Waals surface area (Å²) >= 11 is 0. The number of ketones is 1. The van der Waals surface area contributed by atoms with Crippen molar-refractivity contribution >= 4 is 28.8 Å². The second-order valence-corrected chi connectivity index (χ2v) is 5.80. The van der Waals surface area contributed by atoms with E-state index in [9.17, 15) is 18.4 Å². The standard InChI is InChI=1S/C20H15F2N3O2/c1-12(26)13-2-5-16(6-3-13)25-20(27)14-8-17(11-23-10-14)24-19-7-4-15(21)9-18(19)22/h2-11,24H,1H3,(H,25,27). The third-order valence-corrected chi connectivity index (χ3v) is 3.76. The van der Waals surface area contributed by atoms with Gasteiger partial charge >= 0.3 is 0 Å². The van der Waals surface area contributed by atoms with Gasteiger partial charge in [0.2, 0.25) is 0 Å². The maximum absolute atomic E-state index is 13.7. The molecule has 0 aliphatic rings. The van der Waals surface area contributed by atoms with Crippen molar-refractivity contribution < 1.29 is 18.4 Å². The van der Waals surface area contributed by atoms with E-state index in [2.05, 4.69) is 15.6 Å². The number of rotatable bonds is 5. The van der Waals surface area contributed by atoms with Gasteiger partial charge < -0.3 is 10.6 Å². The van der Waals surface area contributed by atoms with E-state index in [-0.39, 0.29) is 17.0 Å². The van der Waals surface area contributed by atoms with Crippen LogP contribution in [-0.4, -0.2) is 16.7 Å². The van der Waals surface area contributed by atoms with Crippen molar-refractivity contribution in [3.8, 4) is 0 Å². The van der Waals surface area contributed by atoms with E-state index in [4.69, 9.17) is 0 Å². The zero-order chi connectivity index (χ0) is 19.4. The lowest BCUT2D eigenvalue weighted by atomic mass is 10.1. The first kappa shape index (κ1) is 18.2. The number of anilines is 3. The quantitative estimate of drug-likeness (QED) is 0.649. The molecule has 7 heteroatoms. The third-order valence-electron chi connectivity index (χ3n) is 3.76. The largest absolute Gasteiger partial charge is 0.352 e. The number of hydrogen-bond donors (Lipinski definition) is 2. The molecule has 0 bridgehead atoms. The number of amides is 1. The molecule has 0 saturated heterocycles. The summed E-state index contributed by atoms with van der Waals surface area (Å²) in [5.41, 5.74) is 1.75. The summed E-state index contributed by atoms with van der Waals surface area (Å²) in [6, 6.07) is 11.1. The van der Waals surface area contributed by atoms with Crippen LogP contribution in [0.25, 0.3) is 0 Å². The van der Waals surface area contributed by atoms with Crippen LogP contribution in [0.2, 0.25) is 0 Å². The summed E-state index contributed by atoms with van der Waals surface area (Å²) in [4.78, 5) is 27.6. The molecule has 0 spiro atoms. The first-order valence-corrected chi connectivity index (χ1v) is 8.02. The monoisotopic (exact) mass is 367 g/mol. The minimum atomic E-state index is -0.754. The number of hydrogen-bond acceptors (Lipinski definition) is 4. The molecule has 1 aromatic heterocycles. The van der Waals surface area contributed by atoms with E-state index < -0.39 is 17.5 Å². The highest BCUT2D eigenvalue weighted by molar-refractivity contribution is 6.05. The molecule has 3 aromatic rings. The number of pyridine rings is 1. The van der Waals surface area contributed by atoms with E-state index in [1.54, 1.807) is 24.3 Å². The summed E-state index contributed by atoms with van der Waals surface area (Å²) in [6.07, 6.45) is 2.78. The molecule has 0 saturated carbocycles. The molecule has 0 fully saturated rings. The molecule has 1 amide bonds. The lowest BCUT2D eigenvalue weighted by molar-refractivity contribution is 0.101. The number of nitrogens with one attached hydrogen (secondary N) is 2. The summed E-state index contributed by atoms with van der Waals surface area (Å²) in [7, 11) is 0. The predicted octanol–water partition coefficient (Wildman–Crippen LogP) is 4.56. The van der Waals surface area contributed by atoms with Crippen LogP contribution in [-0.2, 0) is 0 Å². The highest BCUT2D eigenvalue weighted by Gasteiger charge is 2.10. The lowest BCUT2D eigenvalue weighted by Gasteiger charge is -2.09. The molecule has 27 heavy (non-hydrogen) atoms. The van der Waals surface area contributed by atoms with E-state index in [1.807, 2.05) is 0 Å². The van der Waals surface area contributed by atoms with Crippen LogP contribution in [0.1, 0.15) is 27.6 Å². The molecule has 2 N–H and O–H groups in total. The van der Waals surface area contributed by atoms with E-state index in [0.29, 0.717) is 16.9 Å². The van der Waals surface area contributed by atoms with Gasteiger partial charge in [-0.05, 0) is 49.4 Å². The molecule has 2 aromatic carbocycles. The number of carbonyl (C=O) groups excluding carboxylic acids is 2. The molecule has 0 aliphatic heterocycles. The van der Waals surface area contributed by atoms with Crippen LogP contribution in [0.4, 0.5) is 25.8 Å². The Balaban J connectivity index is 1.74. The van der Waals surface area contributed by atoms with Crippen molar-refractivity contribution in [3.05, 3.63) is 83.7 Å². The summed E-state index contributed by atoms with van der Waals surface area (Å²) < 4.78 is 26.7. The van der Waals surface area contributed by atoms with Crippen molar-refractivity contribution in [1.29, 1.82) is 0 Å². The van der Waals surface area contributed by atoms with Crippen LogP contribution in [0.3, 0.4) is 0 Å². The topological polar surface area (TPSA) is 71.1 Å². The molecule has 0 atom stereocenters. The molecule has 136 valence electrons. The molecular weight excluding hydrogens is 352 g/mol. The van der Waals surface area contributed by atoms with Gasteiger partial charge in [0.1, 0.15) is 11.6 Å². The second-order valence-electron chi connectivity index (χ2n) is 5.80. The van der Waals surface area contributed by atoms with Crippen LogP contribution in [0.5, 0.6) is 0 Å². The number of benzene rings is 2. The fourth-order valence-corrected chi connectivity index (χ4v) is 2.37. The maximum atomic E-state index is 13.7. The van der Waals surface area contributed by atoms with Crippen molar-refractivity contribution in [3.63, 3.8) is 0 Å². The Morgan fingerprint density at radius 1 is 0.889 bits per heavy atom. The van der Waals surface area contributed by atoms with Crippen LogP contribution in [0.15, 0.2) is 60.9 Å². The first-order valence-electron chi connectivity index (χ1n) is 8.02. The lowest BCUT2D eigenvalue weighted by Crippen LogP contribution is -2.12. The third kappa shape index (κ3) is 4.52. The highest BCUT2D eigenvalue weighted by atomic mass is 19.1. The minimum Gasteiger partial charge on any atom is -0.352 e. The van der Waals surface area contributed by atoms with Gasteiger partial charge in [-0.15, -0.1) is 0 Å². The highest BCUT2D eigenvalue weighted by Crippen LogP contribution is 2.21. The van der Waals surface area contributed by atoms with Gasteiger partial charge in [-0.3, -0.25) is 14.6 Å². The van der Waals surface area contributed by atoms with Crippen molar-refractivity contribution in [2.24, 2.45) is 0 Å². The Kier molecular flexibility index (Phi) is 5.21. The van der Waals surface area contributed by atoms with Gasteiger partial charge in [0.05, 0.1) is 23.1 Å². The Bertz CT molecular complexity index is 1000. The summed E-state index contributed by atoms with van der Waals surface area (Å²) in [5.74, 6) is -1.92. The Morgan fingerprint density at radius 3 is 2.30 bits per heavy atom. The zero-order valence-corrected chi connectivity index (χ0v) is 14.3. The van der Waals surface area contributed by atoms with Gasteiger partial charge in [-0.1, -0.05) is 0 Å². The van der Waals surface area contributed by atoms with Crippen LogP contribution >= 0.6 is 0 Å². The van der Waals surface area contributed by atoms with Gasteiger partial charge in [0.25, 0.3) is 5.91 Å². The molecule has 0 aliphatic carbocycles. The van der Waals surface area contributed by atoms with E-state index in [0.717, 1.165) is 12.1 Å². The summed E-state index contributed by atoms with van der Waals surface area (Å²) in [6.45, 7) is 1.46. The van der Waals surface area contributed by atoms with Crippen LogP contribution < -0.4 is 10.6 Å². The molecular formula is C20H15F2N3O2. The van der Waals surface area contributed by atoms with Gasteiger partial charge in [0.15, 0.2) is 5.78 Å². The summed E-state index contributed by atoms with van der Waals surface area (Å²) in [5, 5.41) is 5.45. The Morgan fingerprint density at radius 2 is 1.63 bits per heavy atom. The fraction of sp³-hybridized carbons (Fsp3) is 0.0500. The number of carbonyl (C=O) groups is 2. The number of aromatic nitrogens is 1. The maximum Gasteiger partial charge on any atom is 0.257 e. The minimum absolute atomic E-state index is 0.0654. The van der Waals surface area contributed by atoms with E-state index >= 15 is 0 Å². The molecule has 3 rings (SSSR count). The molecule has 0 radical (unpaired) electrons. The number of Topliss-reactive ketones (excluding diaryl/α,β-unsaturated/α-hetero) is 1. The predicted molar refractivity (Wildman–Crippen MR) is 98.3 cm³/mol. The Labute approximate surface area is 154 Å². The molecule has 5 nitrogen and oxygen atoms in total. The SMILES string of the molecule is CC(=O)c1ccc(NC(=O)c2cncc(Nc3ccc(F)cc3F)c2)cc1. The molecule has 0 unspecified atom stereocenters. The number of nitrogens with zero attached hydrogens (tertiary/aromatic N) is 1. The molecule has 1 heterocycles. The first-order chi connectivity index (χ1) is 12.9. The van der Waals surface area contributed by atoms with Gasteiger partial charge in [-0.25, -0.2) is 8.78 Å². The Hall–Kier alpha value is -3.61. The van der Waals surface area contributed by atoms with E-state index in [1.165, 1.54) is 31.5 Å². The second kappa shape index (κ2) is 7.74. The van der Waals surface area contributed by atoms with Gasteiger partial charge in [-0.2, -0.15) is 0 Å². The van der Waals surface area contributed by atoms with Gasteiger partial charge in [0, 0.05) is 23.5 Å². The van der Waals surface area contributed by atoms with Crippen molar-refractivity contribution in [1.82, 2.24) is 4.98 Å². The fourth-order valence-electron chi connectivity index (χ4n) is 2.37. The zero-order valence-electron chi connectivity index (χ0n) is 14.3. The normalized spacial score (nSPS) is 10.3. The van der Waals surface area contributed by atoms with Crippen molar-refractivity contribution in [2.45, 2.75) is 6.92 Å². The van der Waals surface area contributed by atoms with Crippen molar-refractivity contribution in [2.75, 3.05) is 10.6 Å².